The molecule has 0 saturated heterocycles. The van der Waals surface area contributed by atoms with Gasteiger partial charge in [-0.1, -0.05) is 57.9 Å². The molecule has 0 unspecified atom stereocenters. The van der Waals surface area contributed by atoms with Crippen LogP contribution in [0.2, 0.25) is 0 Å². The summed E-state index contributed by atoms with van der Waals surface area (Å²) in [6, 6.07) is 8.45. The summed E-state index contributed by atoms with van der Waals surface area (Å²) in [5.74, 6) is 1.98. The van der Waals surface area contributed by atoms with Gasteiger partial charge in [0.1, 0.15) is 22.8 Å². The van der Waals surface area contributed by atoms with Gasteiger partial charge < -0.3 is 23.4 Å². The lowest BCUT2D eigenvalue weighted by Crippen LogP contribution is -2.27. The quantitative estimate of drug-likeness (QED) is 0.349. The molecule has 0 bridgehead atoms. The number of amides is 3. The molecule has 2 N–H and O–H groups in total. The molecule has 39 heavy (non-hydrogen) atoms. The molecule has 0 saturated carbocycles. The first-order chi connectivity index (χ1) is 18.3. The highest BCUT2D eigenvalue weighted by molar-refractivity contribution is 6.07. The number of hydrogen-bond acceptors (Lipinski definition) is 8. The predicted molar refractivity (Wildman–Crippen MR) is 150 cm³/mol. The lowest BCUT2D eigenvalue weighted by atomic mass is 9.81. The Kier molecular flexibility index (Phi) is 10.5. The Morgan fingerprint density at radius 1 is 0.923 bits per heavy atom. The van der Waals surface area contributed by atoms with Gasteiger partial charge in [-0.15, -0.1) is 0 Å². The van der Waals surface area contributed by atoms with E-state index in [1.54, 1.807) is 44.4 Å². The van der Waals surface area contributed by atoms with Gasteiger partial charge in [-0.25, -0.2) is 4.79 Å². The van der Waals surface area contributed by atoms with Crippen LogP contribution in [-0.2, 0) is 10.8 Å². The summed E-state index contributed by atoms with van der Waals surface area (Å²) < 4.78 is 20.9. The Hall–Kier alpha value is -4.02. The zero-order valence-corrected chi connectivity index (χ0v) is 24.6. The van der Waals surface area contributed by atoms with E-state index in [-0.39, 0.29) is 22.8 Å². The number of nitrogens with zero attached hydrogens (tertiary/aromatic N) is 3. The van der Waals surface area contributed by atoms with Crippen molar-refractivity contribution in [2.24, 2.45) is 0 Å². The molecule has 2 aromatic heterocycles. The van der Waals surface area contributed by atoms with Gasteiger partial charge in [-0.05, 0) is 25.0 Å². The maximum absolute atomic E-state index is 12.6. The van der Waals surface area contributed by atoms with Gasteiger partial charge in [-0.3, -0.25) is 15.4 Å². The average molecular weight is 544 g/mol. The average Bonchev–Trinajstić information content (AvgIpc) is 3.58. The van der Waals surface area contributed by atoms with Crippen LogP contribution in [0.5, 0.6) is 11.5 Å². The van der Waals surface area contributed by atoms with E-state index in [9.17, 15) is 9.59 Å². The van der Waals surface area contributed by atoms with E-state index >= 15 is 0 Å². The van der Waals surface area contributed by atoms with Crippen molar-refractivity contribution in [1.82, 2.24) is 15.2 Å². The van der Waals surface area contributed by atoms with Gasteiger partial charge in [0.05, 0.1) is 19.9 Å². The number of nitrogens with one attached hydrogen (secondary N) is 2. The number of hydrogen-bond donors (Lipinski definition) is 2. The van der Waals surface area contributed by atoms with Crippen LogP contribution in [0.1, 0.15) is 76.2 Å². The molecule has 0 fully saturated rings. The third kappa shape index (κ3) is 7.98. The lowest BCUT2D eigenvalue weighted by Gasteiger charge is -2.22. The second-order valence-corrected chi connectivity index (χ2v) is 10.5. The van der Waals surface area contributed by atoms with E-state index in [0.717, 1.165) is 24.3 Å². The first-order valence-corrected chi connectivity index (χ1v) is 12.7. The number of rotatable bonds is 8. The molecule has 2 heterocycles. The van der Waals surface area contributed by atoms with Gasteiger partial charge >= 0.3 is 6.03 Å². The molecule has 0 spiro atoms. The SMILES string of the molecule is CCC(C)(CC)c1cc(NC(=O)c2c(OC)cccc2OC)on1.CN(C)C(=O)Nc1cc(C(C)(C)C)on1. The van der Waals surface area contributed by atoms with Gasteiger partial charge in [0.25, 0.3) is 5.91 Å². The van der Waals surface area contributed by atoms with Crippen LogP contribution in [0.3, 0.4) is 0 Å². The van der Waals surface area contributed by atoms with Gasteiger partial charge in [0.15, 0.2) is 5.82 Å². The molecule has 214 valence electrons. The van der Waals surface area contributed by atoms with Gasteiger partial charge in [-0.2, -0.15) is 0 Å². The number of ether oxygens (including phenoxy) is 2. The van der Waals surface area contributed by atoms with Crippen LogP contribution in [0.4, 0.5) is 16.5 Å². The second kappa shape index (κ2) is 13.2. The second-order valence-electron chi connectivity index (χ2n) is 10.5. The summed E-state index contributed by atoms with van der Waals surface area (Å²) in [4.78, 5) is 25.4. The van der Waals surface area contributed by atoms with Gasteiger partial charge in [0.2, 0.25) is 5.88 Å². The standard InChI is InChI=1S/C18H24N2O4.C10H17N3O2/c1-6-18(3,7-2)14-11-15(24-20-14)19-17(21)16-12(22-4)9-8-10-13(16)23-5;1-10(2,3)7-6-8(12-15-7)11-9(14)13(4)5/h8-11H,6-7H2,1-5H3,(H,19,21);6H,1-5H3,(H,11,12,14). The van der Waals surface area contributed by atoms with E-state index in [0.29, 0.717) is 28.8 Å². The summed E-state index contributed by atoms with van der Waals surface area (Å²) in [7, 11) is 6.35. The van der Waals surface area contributed by atoms with Crippen LogP contribution in [-0.4, -0.2) is 55.5 Å². The van der Waals surface area contributed by atoms with Crippen LogP contribution >= 0.6 is 0 Å². The number of benzene rings is 1. The summed E-state index contributed by atoms with van der Waals surface area (Å²) in [5.41, 5.74) is 0.965. The van der Waals surface area contributed by atoms with Crippen molar-refractivity contribution in [1.29, 1.82) is 0 Å². The maximum Gasteiger partial charge on any atom is 0.322 e. The maximum atomic E-state index is 12.6. The zero-order valence-electron chi connectivity index (χ0n) is 24.6. The van der Waals surface area contributed by atoms with Crippen molar-refractivity contribution >= 4 is 23.6 Å². The number of methoxy groups -OCH3 is 2. The van der Waals surface area contributed by atoms with E-state index in [2.05, 4.69) is 41.7 Å². The molecule has 0 aliphatic heterocycles. The number of anilines is 2. The topological polar surface area (TPSA) is 132 Å². The number of carbonyl (C=O) groups is 2. The first kappa shape index (κ1) is 31.2. The molecule has 0 aliphatic carbocycles. The molecule has 11 heteroatoms. The Morgan fingerprint density at radius 3 is 1.97 bits per heavy atom. The highest BCUT2D eigenvalue weighted by Crippen LogP contribution is 2.33. The van der Waals surface area contributed by atoms with Crippen molar-refractivity contribution in [3.05, 3.63) is 47.3 Å². The summed E-state index contributed by atoms with van der Waals surface area (Å²) in [6.07, 6.45) is 1.87. The minimum absolute atomic E-state index is 0.0748. The lowest BCUT2D eigenvalue weighted by molar-refractivity contribution is 0.101. The minimum atomic E-state index is -0.373. The molecular weight excluding hydrogens is 502 g/mol. The third-order valence-electron chi connectivity index (χ3n) is 6.47. The Morgan fingerprint density at radius 2 is 1.51 bits per heavy atom. The molecule has 3 amide bonds. The van der Waals surface area contributed by atoms with E-state index < -0.39 is 0 Å². The Labute approximate surface area is 230 Å². The van der Waals surface area contributed by atoms with Crippen molar-refractivity contribution in [2.45, 2.75) is 65.2 Å². The van der Waals surface area contributed by atoms with Crippen molar-refractivity contribution in [3.8, 4) is 11.5 Å². The van der Waals surface area contributed by atoms with E-state index in [1.165, 1.54) is 19.1 Å². The molecule has 0 radical (unpaired) electrons. The van der Waals surface area contributed by atoms with Gasteiger partial charge in [0, 0.05) is 37.1 Å². The normalized spacial score (nSPS) is 11.2. The minimum Gasteiger partial charge on any atom is -0.496 e. The van der Waals surface area contributed by atoms with Crippen molar-refractivity contribution in [3.63, 3.8) is 0 Å². The van der Waals surface area contributed by atoms with E-state index in [4.69, 9.17) is 18.5 Å². The third-order valence-corrected chi connectivity index (χ3v) is 6.47. The van der Waals surface area contributed by atoms with Crippen molar-refractivity contribution in [2.75, 3.05) is 38.9 Å². The highest BCUT2D eigenvalue weighted by atomic mass is 16.5. The fourth-order valence-corrected chi connectivity index (χ4v) is 3.39. The van der Waals surface area contributed by atoms with Crippen LogP contribution in [0, 0.1) is 0 Å². The fourth-order valence-electron chi connectivity index (χ4n) is 3.39. The Balaban J connectivity index is 0.000000306. The summed E-state index contributed by atoms with van der Waals surface area (Å²) >= 11 is 0. The number of aromatic nitrogens is 2. The van der Waals surface area contributed by atoms with Crippen molar-refractivity contribution < 1.29 is 28.1 Å². The zero-order chi connectivity index (χ0) is 29.4. The van der Waals surface area contributed by atoms with Crippen LogP contribution < -0.4 is 20.1 Å². The summed E-state index contributed by atoms with van der Waals surface area (Å²) in [5, 5.41) is 13.2. The summed E-state index contributed by atoms with van der Waals surface area (Å²) in [6.45, 7) is 12.4. The smallest absolute Gasteiger partial charge is 0.322 e. The molecule has 0 atom stereocenters. The predicted octanol–water partition coefficient (Wildman–Crippen LogP) is 6.09. The Bertz CT molecular complexity index is 1220. The number of carbonyl (C=O) groups excluding carboxylic acids is 2. The molecule has 0 aliphatic rings. The highest BCUT2D eigenvalue weighted by Gasteiger charge is 2.27. The molecular formula is C28H41N5O6. The fraction of sp³-hybridized carbons (Fsp3) is 0.500. The van der Waals surface area contributed by atoms with Crippen LogP contribution in [0.15, 0.2) is 39.4 Å². The molecule has 1 aromatic carbocycles. The molecule has 3 rings (SSSR count). The molecule has 11 nitrogen and oxygen atoms in total. The molecule has 3 aromatic rings. The number of urea groups is 1. The van der Waals surface area contributed by atoms with E-state index in [1.807, 2.05) is 20.8 Å². The largest absolute Gasteiger partial charge is 0.496 e. The first-order valence-electron chi connectivity index (χ1n) is 12.7. The van der Waals surface area contributed by atoms with Crippen LogP contribution in [0.25, 0.3) is 0 Å². The monoisotopic (exact) mass is 543 g/mol.